The molecule has 0 aromatic heterocycles. The third kappa shape index (κ3) is 2.61. The standard InChI is InChI=1S/C17H17ClN2O/c1-11-7-8-14(13(18)9-11)19-15-10-17(21)20(2)16-6-4-3-5-12(15)16/h3-9,15,19H,10H2,1-2H3. The first kappa shape index (κ1) is 14.0. The summed E-state index contributed by atoms with van der Waals surface area (Å²) in [5.74, 6) is 0.106. The first-order valence-electron chi connectivity index (χ1n) is 6.94. The van der Waals surface area contributed by atoms with E-state index in [2.05, 4.69) is 11.4 Å². The van der Waals surface area contributed by atoms with Crippen molar-refractivity contribution in [3.8, 4) is 0 Å². The average molecular weight is 301 g/mol. The number of rotatable bonds is 2. The van der Waals surface area contributed by atoms with Crippen LogP contribution in [0.25, 0.3) is 0 Å². The Balaban J connectivity index is 1.96. The maximum atomic E-state index is 12.1. The zero-order valence-corrected chi connectivity index (χ0v) is 12.8. The molecule has 1 amide bonds. The molecule has 0 aliphatic carbocycles. The van der Waals surface area contributed by atoms with Gasteiger partial charge in [0.15, 0.2) is 0 Å². The number of nitrogens with zero attached hydrogens (tertiary/aromatic N) is 1. The molecule has 0 radical (unpaired) electrons. The molecule has 0 saturated heterocycles. The summed E-state index contributed by atoms with van der Waals surface area (Å²) >= 11 is 6.28. The minimum atomic E-state index is -0.0508. The monoisotopic (exact) mass is 300 g/mol. The molecule has 108 valence electrons. The van der Waals surface area contributed by atoms with Crippen molar-refractivity contribution in [3.05, 3.63) is 58.6 Å². The van der Waals surface area contributed by atoms with Crippen LogP contribution in [-0.2, 0) is 4.79 Å². The Morgan fingerprint density at radius 2 is 2.00 bits per heavy atom. The van der Waals surface area contributed by atoms with Crippen LogP contribution in [0.2, 0.25) is 5.02 Å². The maximum Gasteiger partial charge on any atom is 0.229 e. The van der Waals surface area contributed by atoms with E-state index in [1.165, 1.54) is 0 Å². The van der Waals surface area contributed by atoms with Gasteiger partial charge in [0.25, 0.3) is 0 Å². The number of hydrogen-bond acceptors (Lipinski definition) is 2. The van der Waals surface area contributed by atoms with Gasteiger partial charge in [0, 0.05) is 12.7 Å². The lowest BCUT2D eigenvalue weighted by Crippen LogP contribution is -2.35. The summed E-state index contributed by atoms with van der Waals surface area (Å²) < 4.78 is 0. The van der Waals surface area contributed by atoms with Crippen molar-refractivity contribution >= 4 is 28.9 Å². The van der Waals surface area contributed by atoms with E-state index in [1.54, 1.807) is 4.90 Å². The molecule has 1 unspecified atom stereocenters. The lowest BCUT2D eigenvalue weighted by Gasteiger charge is -2.32. The predicted molar refractivity (Wildman–Crippen MR) is 87.0 cm³/mol. The highest BCUT2D eigenvalue weighted by Gasteiger charge is 2.28. The van der Waals surface area contributed by atoms with Crippen LogP contribution in [-0.4, -0.2) is 13.0 Å². The van der Waals surface area contributed by atoms with Crippen LogP contribution >= 0.6 is 11.6 Å². The van der Waals surface area contributed by atoms with Crippen LogP contribution in [0.15, 0.2) is 42.5 Å². The Morgan fingerprint density at radius 3 is 2.76 bits per heavy atom. The number of anilines is 2. The molecule has 4 heteroatoms. The zero-order valence-electron chi connectivity index (χ0n) is 12.1. The summed E-state index contributed by atoms with van der Waals surface area (Å²) in [5.41, 5.74) is 4.05. The molecule has 21 heavy (non-hydrogen) atoms. The smallest absolute Gasteiger partial charge is 0.229 e. The van der Waals surface area contributed by atoms with Gasteiger partial charge in [0.2, 0.25) is 5.91 Å². The lowest BCUT2D eigenvalue weighted by atomic mass is 9.96. The number of amides is 1. The number of aryl methyl sites for hydroxylation is 1. The molecule has 3 nitrogen and oxygen atoms in total. The molecule has 2 aromatic carbocycles. The molecule has 0 bridgehead atoms. The predicted octanol–water partition coefficient (Wildman–Crippen LogP) is 4.17. The number of hydrogen-bond donors (Lipinski definition) is 1. The van der Waals surface area contributed by atoms with Crippen molar-refractivity contribution in [2.24, 2.45) is 0 Å². The Morgan fingerprint density at radius 1 is 1.24 bits per heavy atom. The van der Waals surface area contributed by atoms with Gasteiger partial charge >= 0.3 is 0 Å². The van der Waals surface area contributed by atoms with Crippen LogP contribution in [0.3, 0.4) is 0 Å². The molecule has 1 heterocycles. The molecule has 1 atom stereocenters. The summed E-state index contributed by atoms with van der Waals surface area (Å²) in [5, 5.41) is 4.08. The molecular weight excluding hydrogens is 284 g/mol. The summed E-state index contributed by atoms with van der Waals surface area (Å²) in [6.07, 6.45) is 0.428. The van der Waals surface area contributed by atoms with Gasteiger partial charge in [0.05, 0.1) is 23.2 Å². The quantitative estimate of drug-likeness (QED) is 0.903. The molecule has 1 aliphatic heterocycles. The summed E-state index contributed by atoms with van der Waals surface area (Å²) in [6.45, 7) is 2.00. The van der Waals surface area contributed by atoms with Crippen molar-refractivity contribution in [1.29, 1.82) is 0 Å². The number of carbonyl (C=O) groups excluding carboxylic acids is 1. The van der Waals surface area contributed by atoms with Gasteiger partial charge < -0.3 is 10.2 Å². The van der Waals surface area contributed by atoms with Crippen molar-refractivity contribution < 1.29 is 4.79 Å². The van der Waals surface area contributed by atoms with Crippen molar-refractivity contribution in [3.63, 3.8) is 0 Å². The Hall–Kier alpha value is -2.00. The highest BCUT2D eigenvalue weighted by atomic mass is 35.5. The van der Waals surface area contributed by atoms with E-state index < -0.39 is 0 Å². The Bertz CT molecular complexity index is 699. The second-order valence-electron chi connectivity index (χ2n) is 5.40. The Labute approximate surface area is 129 Å². The van der Waals surface area contributed by atoms with Gasteiger partial charge in [0.1, 0.15) is 0 Å². The van der Waals surface area contributed by atoms with Gasteiger partial charge in [-0.25, -0.2) is 0 Å². The zero-order chi connectivity index (χ0) is 15.0. The van der Waals surface area contributed by atoms with Gasteiger partial charge in [-0.2, -0.15) is 0 Å². The second-order valence-corrected chi connectivity index (χ2v) is 5.80. The highest BCUT2D eigenvalue weighted by Crippen LogP contribution is 2.37. The number of carbonyl (C=O) groups is 1. The minimum absolute atomic E-state index is 0.0508. The van der Waals surface area contributed by atoms with E-state index in [9.17, 15) is 4.79 Å². The fourth-order valence-electron chi connectivity index (χ4n) is 2.70. The van der Waals surface area contributed by atoms with E-state index in [-0.39, 0.29) is 11.9 Å². The number of nitrogens with one attached hydrogen (secondary N) is 1. The largest absolute Gasteiger partial charge is 0.376 e. The fourth-order valence-corrected chi connectivity index (χ4v) is 2.99. The van der Waals surface area contributed by atoms with E-state index in [0.717, 1.165) is 22.5 Å². The second kappa shape index (κ2) is 5.41. The van der Waals surface area contributed by atoms with E-state index in [0.29, 0.717) is 11.4 Å². The molecule has 3 rings (SSSR count). The fraction of sp³-hybridized carbons (Fsp3) is 0.235. The van der Waals surface area contributed by atoms with Crippen LogP contribution in [0.1, 0.15) is 23.6 Å². The number of halogens is 1. The van der Waals surface area contributed by atoms with E-state index in [1.807, 2.05) is 50.4 Å². The normalized spacial score (nSPS) is 17.6. The summed E-state index contributed by atoms with van der Waals surface area (Å²) in [7, 11) is 1.82. The number of fused-ring (bicyclic) bond motifs is 1. The molecule has 1 aliphatic rings. The van der Waals surface area contributed by atoms with Gasteiger partial charge in [-0.1, -0.05) is 35.9 Å². The molecule has 0 spiro atoms. The van der Waals surface area contributed by atoms with Crippen LogP contribution < -0.4 is 10.2 Å². The third-order valence-corrected chi connectivity index (χ3v) is 4.19. The van der Waals surface area contributed by atoms with E-state index >= 15 is 0 Å². The van der Waals surface area contributed by atoms with Crippen molar-refractivity contribution in [2.45, 2.75) is 19.4 Å². The molecule has 0 saturated carbocycles. The van der Waals surface area contributed by atoms with Gasteiger partial charge in [-0.05, 0) is 36.2 Å². The molecular formula is C17H17ClN2O. The number of para-hydroxylation sites is 1. The van der Waals surface area contributed by atoms with Gasteiger partial charge in [-0.15, -0.1) is 0 Å². The minimum Gasteiger partial charge on any atom is -0.376 e. The topological polar surface area (TPSA) is 32.3 Å². The highest BCUT2D eigenvalue weighted by molar-refractivity contribution is 6.33. The van der Waals surface area contributed by atoms with Crippen LogP contribution in [0.4, 0.5) is 11.4 Å². The first-order chi connectivity index (χ1) is 10.1. The summed E-state index contributed by atoms with van der Waals surface area (Å²) in [6, 6.07) is 13.8. The SMILES string of the molecule is Cc1ccc(NC2CC(=O)N(C)c3ccccc32)c(Cl)c1. The third-order valence-electron chi connectivity index (χ3n) is 3.88. The maximum absolute atomic E-state index is 12.1. The van der Waals surface area contributed by atoms with Crippen molar-refractivity contribution in [2.75, 3.05) is 17.3 Å². The Kier molecular flexibility index (Phi) is 3.60. The van der Waals surface area contributed by atoms with E-state index in [4.69, 9.17) is 11.6 Å². The van der Waals surface area contributed by atoms with Crippen molar-refractivity contribution in [1.82, 2.24) is 0 Å². The average Bonchev–Trinajstić information content (AvgIpc) is 2.47. The lowest BCUT2D eigenvalue weighted by molar-refractivity contribution is -0.118. The number of benzene rings is 2. The molecule has 1 N–H and O–H groups in total. The first-order valence-corrected chi connectivity index (χ1v) is 7.32. The van der Waals surface area contributed by atoms with Crippen LogP contribution in [0.5, 0.6) is 0 Å². The summed E-state index contributed by atoms with van der Waals surface area (Å²) in [4.78, 5) is 13.9. The molecule has 2 aromatic rings. The molecule has 0 fully saturated rings. The van der Waals surface area contributed by atoms with Crippen LogP contribution in [0, 0.1) is 6.92 Å². The van der Waals surface area contributed by atoms with Gasteiger partial charge in [-0.3, -0.25) is 4.79 Å².